The summed E-state index contributed by atoms with van der Waals surface area (Å²) in [6.07, 6.45) is 107. The highest BCUT2D eigenvalue weighted by molar-refractivity contribution is 5.72. The van der Waals surface area contributed by atoms with Gasteiger partial charge >= 0.3 is 17.9 Å². The molecular formula is C77H114O6. The van der Waals surface area contributed by atoms with Gasteiger partial charge in [-0.25, -0.2) is 0 Å². The monoisotopic (exact) mass is 1130 g/mol. The van der Waals surface area contributed by atoms with Gasteiger partial charge in [-0.3, -0.25) is 14.4 Å². The molecule has 0 spiro atoms. The molecule has 0 bridgehead atoms. The quantitative estimate of drug-likeness (QED) is 0.0261. The van der Waals surface area contributed by atoms with Gasteiger partial charge < -0.3 is 14.2 Å². The minimum atomic E-state index is -0.876. The third-order valence-corrected chi connectivity index (χ3v) is 12.5. The predicted molar refractivity (Wildman–Crippen MR) is 361 cm³/mol. The lowest BCUT2D eigenvalue weighted by Gasteiger charge is -2.18. The van der Waals surface area contributed by atoms with Crippen LogP contribution in [0.2, 0.25) is 0 Å². The van der Waals surface area contributed by atoms with Crippen molar-refractivity contribution >= 4 is 17.9 Å². The lowest BCUT2D eigenvalue weighted by molar-refractivity contribution is -0.166. The maximum Gasteiger partial charge on any atom is 0.309 e. The molecule has 0 fully saturated rings. The molecule has 0 amide bonds. The molecule has 0 aromatic carbocycles. The SMILES string of the molecule is CC/C=C\C/C=C\C/C=C\C/C=C\C/C=C\C/C=C\C/C=C\CCCCCCCCCCCC(=O)OCC(COC(=O)C/C=C\C/C=C\C/C=C\C/C=C\C/C=C\CC)OC(=O)CC/C=C\C/C=C\C/C=C\C/C=C\C/C=C\C/C=C\CC. The van der Waals surface area contributed by atoms with Crippen LogP contribution in [-0.4, -0.2) is 37.2 Å². The summed E-state index contributed by atoms with van der Waals surface area (Å²) in [5.74, 6) is -1.19. The fourth-order valence-corrected chi connectivity index (χ4v) is 7.81. The number of unbranched alkanes of at least 4 members (excludes halogenated alkanes) is 9. The summed E-state index contributed by atoms with van der Waals surface area (Å²) in [5, 5.41) is 0. The Morgan fingerprint density at radius 1 is 0.253 bits per heavy atom. The summed E-state index contributed by atoms with van der Waals surface area (Å²) in [6.45, 7) is 6.12. The highest BCUT2D eigenvalue weighted by Gasteiger charge is 2.19. The van der Waals surface area contributed by atoms with Gasteiger partial charge in [0.1, 0.15) is 13.2 Å². The van der Waals surface area contributed by atoms with Gasteiger partial charge in [0.15, 0.2) is 6.10 Å². The molecule has 0 aliphatic heterocycles. The lowest BCUT2D eigenvalue weighted by Crippen LogP contribution is -2.30. The van der Waals surface area contributed by atoms with E-state index in [1.807, 2.05) is 18.2 Å². The Kier molecular flexibility index (Phi) is 63.1. The van der Waals surface area contributed by atoms with Crippen LogP contribution in [0.4, 0.5) is 0 Å². The second-order valence-electron chi connectivity index (χ2n) is 20.2. The summed E-state index contributed by atoms with van der Waals surface area (Å²) < 4.78 is 16.7. The van der Waals surface area contributed by atoms with Gasteiger partial charge in [-0.05, 0) is 141 Å². The number of rotatable bonds is 55. The van der Waals surface area contributed by atoms with Gasteiger partial charge in [-0.1, -0.05) is 284 Å². The topological polar surface area (TPSA) is 78.9 Å². The Morgan fingerprint density at radius 2 is 0.506 bits per heavy atom. The first-order valence-corrected chi connectivity index (χ1v) is 32.2. The molecule has 0 rings (SSSR count). The van der Waals surface area contributed by atoms with E-state index in [0.29, 0.717) is 19.3 Å². The van der Waals surface area contributed by atoms with Gasteiger partial charge in [0.05, 0.1) is 6.42 Å². The van der Waals surface area contributed by atoms with Crippen molar-refractivity contribution in [3.05, 3.63) is 219 Å². The Bertz CT molecular complexity index is 2080. The number of carbonyl (C=O) groups excluding carboxylic acids is 3. The molecule has 1 unspecified atom stereocenters. The maximum absolute atomic E-state index is 12.9. The lowest BCUT2D eigenvalue weighted by atomic mass is 10.1. The molecular weight excluding hydrogens is 1020 g/mol. The molecule has 0 aliphatic rings. The molecule has 6 heteroatoms. The number of allylic oxidation sites excluding steroid dienone is 35. The standard InChI is InChI=1S/C77H114O6/c1-4-7-10-13-16-19-22-25-28-30-32-33-34-35-36-37-38-39-40-41-42-43-45-46-49-52-55-58-61-64-67-70-76(79)82-73-74(72-81-75(78)69-66-63-60-57-54-51-48-27-24-21-18-15-12-9-6-3)83-77(80)71-68-65-62-59-56-53-50-47-44-31-29-26-23-20-17-14-11-8-5-2/h7-12,16-21,25-29,32-33,35-36,38-39,41-42,44,47-48,53-54,56-57,62-63,65-66,74H,4-6,13-15,22-24,30-31,34,37,40,43,45-46,49-52,55,58-61,64,67-73H2,1-3H3/b10-7-,11-8-,12-9-,19-16-,20-17-,21-18-,28-25-,29-26-,33-32-,36-35-,39-38-,42-41-,47-44-,48-27-,56-53-,57-54-,65-62-,66-63-. The van der Waals surface area contributed by atoms with E-state index < -0.39 is 18.0 Å². The van der Waals surface area contributed by atoms with Crippen molar-refractivity contribution in [3.63, 3.8) is 0 Å². The fourth-order valence-electron chi connectivity index (χ4n) is 7.81. The third kappa shape index (κ3) is 66.4. The van der Waals surface area contributed by atoms with Crippen LogP contribution in [0.15, 0.2) is 219 Å². The average Bonchev–Trinajstić information content (AvgIpc) is 3.49. The van der Waals surface area contributed by atoms with Crippen LogP contribution in [0.1, 0.15) is 226 Å². The number of hydrogen-bond donors (Lipinski definition) is 0. The van der Waals surface area contributed by atoms with Crippen molar-refractivity contribution in [1.29, 1.82) is 0 Å². The van der Waals surface area contributed by atoms with E-state index >= 15 is 0 Å². The van der Waals surface area contributed by atoms with E-state index in [1.165, 1.54) is 38.5 Å². The van der Waals surface area contributed by atoms with Crippen LogP contribution in [-0.2, 0) is 28.6 Å². The van der Waals surface area contributed by atoms with Crippen LogP contribution in [0.5, 0.6) is 0 Å². The molecule has 0 saturated carbocycles. The summed E-state index contributed by atoms with van der Waals surface area (Å²) in [7, 11) is 0. The highest BCUT2D eigenvalue weighted by atomic mass is 16.6. The van der Waals surface area contributed by atoms with Crippen molar-refractivity contribution < 1.29 is 28.6 Å². The largest absolute Gasteiger partial charge is 0.462 e. The molecule has 83 heavy (non-hydrogen) atoms. The van der Waals surface area contributed by atoms with Crippen LogP contribution < -0.4 is 0 Å². The second-order valence-corrected chi connectivity index (χ2v) is 20.2. The maximum atomic E-state index is 12.9. The zero-order valence-corrected chi connectivity index (χ0v) is 52.4. The smallest absolute Gasteiger partial charge is 0.309 e. The first kappa shape index (κ1) is 76.7. The van der Waals surface area contributed by atoms with Crippen LogP contribution in [0.3, 0.4) is 0 Å². The molecule has 0 aromatic heterocycles. The van der Waals surface area contributed by atoms with Gasteiger partial charge in [0.25, 0.3) is 0 Å². The van der Waals surface area contributed by atoms with Crippen LogP contribution in [0, 0.1) is 0 Å². The van der Waals surface area contributed by atoms with Gasteiger partial charge in [0, 0.05) is 12.8 Å². The number of carbonyl (C=O) groups is 3. The van der Waals surface area contributed by atoms with E-state index in [-0.39, 0.29) is 32.0 Å². The molecule has 0 aromatic rings. The summed E-state index contributed by atoms with van der Waals surface area (Å²) in [5.41, 5.74) is 0. The molecule has 0 saturated heterocycles. The van der Waals surface area contributed by atoms with Gasteiger partial charge in [-0.2, -0.15) is 0 Å². The predicted octanol–water partition coefficient (Wildman–Crippen LogP) is 22.5. The van der Waals surface area contributed by atoms with E-state index in [2.05, 4.69) is 215 Å². The highest BCUT2D eigenvalue weighted by Crippen LogP contribution is 2.13. The number of hydrogen-bond acceptors (Lipinski definition) is 6. The zero-order chi connectivity index (χ0) is 59.9. The average molecular weight is 1140 g/mol. The fraction of sp³-hybridized carbons (Fsp3) is 0.494. The van der Waals surface area contributed by atoms with E-state index in [9.17, 15) is 14.4 Å². The van der Waals surface area contributed by atoms with E-state index in [4.69, 9.17) is 14.2 Å². The number of ether oxygens (including phenoxy) is 3. The van der Waals surface area contributed by atoms with Crippen molar-refractivity contribution in [3.8, 4) is 0 Å². The first-order chi connectivity index (χ1) is 41.0. The van der Waals surface area contributed by atoms with Gasteiger partial charge in [0.2, 0.25) is 0 Å². The minimum Gasteiger partial charge on any atom is -0.462 e. The summed E-state index contributed by atoms with van der Waals surface area (Å²) in [6, 6.07) is 0. The molecule has 0 heterocycles. The Hall–Kier alpha value is -6.27. The van der Waals surface area contributed by atoms with Crippen molar-refractivity contribution in [2.45, 2.75) is 232 Å². The molecule has 1 atom stereocenters. The van der Waals surface area contributed by atoms with E-state index in [1.54, 1.807) is 6.08 Å². The molecule has 0 N–H and O–H groups in total. The summed E-state index contributed by atoms with van der Waals surface area (Å²) in [4.78, 5) is 38.2. The van der Waals surface area contributed by atoms with Crippen LogP contribution >= 0.6 is 0 Å². The van der Waals surface area contributed by atoms with Crippen LogP contribution in [0.25, 0.3) is 0 Å². The normalized spacial score (nSPS) is 13.6. The van der Waals surface area contributed by atoms with Crippen molar-refractivity contribution in [2.24, 2.45) is 0 Å². The third-order valence-electron chi connectivity index (χ3n) is 12.5. The molecule has 6 nitrogen and oxygen atoms in total. The van der Waals surface area contributed by atoms with Crippen molar-refractivity contribution in [2.75, 3.05) is 13.2 Å². The molecule has 0 aliphatic carbocycles. The molecule has 458 valence electrons. The van der Waals surface area contributed by atoms with Crippen molar-refractivity contribution in [1.82, 2.24) is 0 Å². The Balaban J connectivity index is 4.52. The van der Waals surface area contributed by atoms with Gasteiger partial charge in [-0.15, -0.1) is 0 Å². The zero-order valence-electron chi connectivity index (χ0n) is 52.4. The molecule has 0 radical (unpaired) electrons. The second kappa shape index (κ2) is 68.2. The van der Waals surface area contributed by atoms with E-state index in [0.717, 1.165) is 135 Å². The Morgan fingerprint density at radius 3 is 0.831 bits per heavy atom. The minimum absolute atomic E-state index is 0.0983. The Labute approximate surface area is 508 Å². The summed E-state index contributed by atoms with van der Waals surface area (Å²) >= 11 is 0. The first-order valence-electron chi connectivity index (χ1n) is 32.2. The number of esters is 3.